The number of ether oxygens (including phenoxy) is 1. The quantitative estimate of drug-likeness (QED) is 0.436. The Hall–Kier alpha value is -4.34. The van der Waals surface area contributed by atoms with Crippen molar-refractivity contribution in [1.29, 1.82) is 0 Å². The number of hydrogen-bond acceptors (Lipinski definition) is 9. The fourth-order valence-electron chi connectivity index (χ4n) is 2.98. The minimum Gasteiger partial charge on any atom is -0.454 e. The number of benzene rings is 1. The number of aromatic nitrogens is 6. The molecule has 3 N–H and O–H groups in total. The monoisotopic (exact) mass is 416 g/mol. The Balaban J connectivity index is 1.49. The first-order valence-corrected chi connectivity index (χ1v) is 9.62. The van der Waals surface area contributed by atoms with E-state index in [1.165, 1.54) is 6.20 Å². The second-order valence-corrected chi connectivity index (χ2v) is 6.46. The highest BCUT2D eigenvalue weighted by Crippen LogP contribution is 2.17. The number of hydrogen-bond donors (Lipinski definition) is 2. The van der Waals surface area contributed by atoms with E-state index in [1.807, 2.05) is 55.5 Å². The molecule has 4 rings (SSSR count). The van der Waals surface area contributed by atoms with Crippen molar-refractivity contribution < 1.29 is 9.53 Å². The molecule has 0 aliphatic rings. The van der Waals surface area contributed by atoms with Crippen molar-refractivity contribution in [3.05, 3.63) is 78.0 Å². The number of para-hydroxylation sites is 1. The molecular weight excluding hydrogens is 396 g/mol. The predicted octanol–water partition coefficient (Wildman–Crippen LogP) is 2.70. The van der Waals surface area contributed by atoms with Crippen LogP contribution in [0.4, 0.5) is 17.6 Å². The molecule has 0 unspecified atom stereocenters. The third-order valence-corrected chi connectivity index (χ3v) is 4.35. The lowest BCUT2D eigenvalue weighted by Gasteiger charge is -2.09. The lowest BCUT2D eigenvalue weighted by molar-refractivity contribution is 0.0461. The predicted molar refractivity (Wildman–Crippen MR) is 114 cm³/mol. The van der Waals surface area contributed by atoms with Crippen molar-refractivity contribution in [2.24, 2.45) is 0 Å². The van der Waals surface area contributed by atoms with Gasteiger partial charge in [-0.2, -0.15) is 20.1 Å². The number of nitrogens with two attached hydrogens (primary N) is 1. The normalized spacial score (nSPS) is 10.6. The fourth-order valence-corrected chi connectivity index (χ4v) is 2.98. The standard InChI is InChI=1S/C21H20N8O2/c1-2-16-15(12-24-29(16)18-10-6-7-11-23-18)19(30)31-13-17-26-20(22)28-21(27-17)25-14-8-4-3-5-9-14/h3-12H,2,13H2,1H3,(H3,22,25,26,27,28). The van der Waals surface area contributed by atoms with Gasteiger partial charge < -0.3 is 15.8 Å². The molecule has 0 amide bonds. The highest BCUT2D eigenvalue weighted by atomic mass is 16.5. The van der Waals surface area contributed by atoms with E-state index in [9.17, 15) is 4.79 Å². The molecular formula is C21H20N8O2. The van der Waals surface area contributed by atoms with Crippen LogP contribution in [0.15, 0.2) is 60.9 Å². The van der Waals surface area contributed by atoms with Crippen molar-refractivity contribution in [3.8, 4) is 5.82 Å². The van der Waals surface area contributed by atoms with E-state index in [4.69, 9.17) is 10.5 Å². The Morgan fingerprint density at radius 3 is 2.65 bits per heavy atom. The molecule has 3 heterocycles. The Bertz CT molecular complexity index is 1180. The molecule has 10 nitrogen and oxygen atoms in total. The minimum atomic E-state index is -0.532. The summed E-state index contributed by atoms with van der Waals surface area (Å²) in [5, 5.41) is 7.33. The van der Waals surface area contributed by atoms with Crippen LogP contribution in [0.25, 0.3) is 5.82 Å². The molecule has 0 aliphatic carbocycles. The summed E-state index contributed by atoms with van der Waals surface area (Å²) in [5.41, 5.74) is 7.64. The van der Waals surface area contributed by atoms with Crippen molar-refractivity contribution in [3.63, 3.8) is 0 Å². The summed E-state index contributed by atoms with van der Waals surface area (Å²) in [6.45, 7) is 1.77. The first-order chi connectivity index (χ1) is 15.1. The smallest absolute Gasteiger partial charge is 0.342 e. The van der Waals surface area contributed by atoms with E-state index >= 15 is 0 Å². The molecule has 3 aromatic heterocycles. The Labute approximate surface area is 178 Å². The van der Waals surface area contributed by atoms with E-state index < -0.39 is 5.97 Å². The van der Waals surface area contributed by atoms with Crippen molar-refractivity contribution in [2.75, 3.05) is 11.1 Å². The highest BCUT2D eigenvalue weighted by molar-refractivity contribution is 5.90. The number of nitrogens with zero attached hydrogens (tertiary/aromatic N) is 6. The van der Waals surface area contributed by atoms with Gasteiger partial charge in [0.1, 0.15) is 5.56 Å². The lowest BCUT2D eigenvalue weighted by atomic mass is 10.2. The van der Waals surface area contributed by atoms with Gasteiger partial charge in [0.2, 0.25) is 11.9 Å². The first kappa shape index (κ1) is 20.0. The van der Waals surface area contributed by atoms with Crippen LogP contribution >= 0.6 is 0 Å². The molecule has 0 atom stereocenters. The Morgan fingerprint density at radius 2 is 1.90 bits per heavy atom. The van der Waals surface area contributed by atoms with Crippen LogP contribution in [-0.4, -0.2) is 35.7 Å². The van der Waals surface area contributed by atoms with E-state index in [0.717, 1.165) is 5.69 Å². The third kappa shape index (κ3) is 4.64. The van der Waals surface area contributed by atoms with Crippen LogP contribution in [0.5, 0.6) is 0 Å². The van der Waals surface area contributed by atoms with Gasteiger partial charge in [0.05, 0.1) is 11.9 Å². The van der Waals surface area contributed by atoms with Gasteiger partial charge in [-0.05, 0) is 30.7 Å². The molecule has 156 valence electrons. The average Bonchev–Trinajstić information content (AvgIpc) is 3.23. The summed E-state index contributed by atoms with van der Waals surface area (Å²) < 4.78 is 7.04. The van der Waals surface area contributed by atoms with Gasteiger partial charge >= 0.3 is 5.97 Å². The van der Waals surface area contributed by atoms with Crippen molar-refractivity contribution >= 4 is 23.6 Å². The Morgan fingerprint density at radius 1 is 1.10 bits per heavy atom. The van der Waals surface area contributed by atoms with Crippen molar-refractivity contribution in [1.82, 2.24) is 29.7 Å². The molecule has 1 aromatic carbocycles. The van der Waals surface area contributed by atoms with Gasteiger partial charge in [0.15, 0.2) is 18.2 Å². The van der Waals surface area contributed by atoms with Crippen LogP contribution in [0.3, 0.4) is 0 Å². The number of rotatable bonds is 7. The van der Waals surface area contributed by atoms with Gasteiger partial charge in [-0.15, -0.1) is 0 Å². The summed E-state index contributed by atoms with van der Waals surface area (Å²) in [6, 6.07) is 14.9. The molecule has 0 fully saturated rings. The summed E-state index contributed by atoms with van der Waals surface area (Å²) in [5.74, 6) is 0.615. The average molecular weight is 416 g/mol. The maximum Gasteiger partial charge on any atom is 0.342 e. The zero-order valence-corrected chi connectivity index (χ0v) is 16.8. The fraction of sp³-hybridized carbons (Fsp3) is 0.143. The molecule has 0 aliphatic heterocycles. The molecule has 0 saturated heterocycles. The van der Waals surface area contributed by atoms with Gasteiger partial charge in [0.25, 0.3) is 0 Å². The van der Waals surface area contributed by atoms with Crippen LogP contribution in [0.1, 0.15) is 28.8 Å². The number of pyridine rings is 1. The molecule has 0 saturated carbocycles. The van der Waals surface area contributed by atoms with E-state index in [2.05, 4.69) is 30.4 Å². The van der Waals surface area contributed by atoms with Crippen molar-refractivity contribution in [2.45, 2.75) is 20.0 Å². The van der Waals surface area contributed by atoms with Crippen LogP contribution in [0.2, 0.25) is 0 Å². The topological polar surface area (TPSA) is 134 Å². The summed E-state index contributed by atoms with van der Waals surface area (Å²) in [6.07, 6.45) is 3.71. The van der Waals surface area contributed by atoms with Gasteiger partial charge in [-0.3, -0.25) is 0 Å². The zero-order chi connectivity index (χ0) is 21.6. The number of nitrogen functional groups attached to an aromatic ring is 1. The molecule has 0 spiro atoms. The van der Waals surface area contributed by atoms with E-state index in [-0.39, 0.29) is 24.3 Å². The number of esters is 1. The van der Waals surface area contributed by atoms with Crippen LogP contribution in [-0.2, 0) is 17.8 Å². The summed E-state index contributed by atoms with van der Waals surface area (Å²) in [4.78, 5) is 29.3. The maximum absolute atomic E-state index is 12.7. The molecule has 0 radical (unpaired) electrons. The molecule has 0 bridgehead atoms. The van der Waals surface area contributed by atoms with Crippen LogP contribution in [0, 0.1) is 0 Å². The molecule has 10 heteroatoms. The molecule has 4 aromatic rings. The number of carbonyl (C=O) groups is 1. The third-order valence-electron chi connectivity index (χ3n) is 4.35. The Kier molecular flexibility index (Phi) is 5.79. The number of nitrogens with one attached hydrogen (secondary N) is 1. The zero-order valence-electron chi connectivity index (χ0n) is 16.8. The molecule has 31 heavy (non-hydrogen) atoms. The minimum absolute atomic E-state index is 0.0247. The van der Waals surface area contributed by atoms with Gasteiger partial charge in [-0.1, -0.05) is 31.2 Å². The summed E-state index contributed by atoms with van der Waals surface area (Å²) in [7, 11) is 0. The van der Waals surface area contributed by atoms with Gasteiger partial charge in [-0.25, -0.2) is 14.5 Å². The number of anilines is 3. The second kappa shape index (κ2) is 8.99. The maximum atomic E-state index is 12.7. The van der Waals surface area contributed by atoms with E-state index in [0.29, 0.717) is 23.5 Å². The largest absolute Gasteiger partial charge is 0.454 e. The first-order valence-electron chi connectivity index (χ1n) is 9.62. The van der Waals surface area contributed by atoms with Gasteiger partial charge in [0, 0.05) is 11.9 Å². The van der Waals surface area contributed by atoms with Crippen LogP contribution < -0.4 is 11.1 Å². The highest BCUT2D eigenvalue weighted by Gasteiger charge is 2.19. The summed E-state index contributed by atoms with van der Waals surface area (Å²) >= 11 is 0. The van der Waals surface area contributed by atoms with E-state index in [1.54, 1.807) is 10.9 Å². The number of carbonyl (C=O) groups excluding carboxylic acids is 1. The second-order valence-electron chi connectivity index (χ2n) is 6.46. The SMILES string of the molecule is CCc1c(C(=O)OCc2nc(N)nc(Nc3ccccc3)n2)cnn1-c1ccccn1. The lowest BCUT2D eigenvalue weighted by Crippen LogP contribution is -2.12.